The Morgan fingerprint density at radius 2 is 2.06 bits per heavy atom. The Bertz CT molecular complexity index is 1100. The third-order valence-electron chi connectivity index (χ3n) is 5.40. The van der Waals surface area contributed by atoms with E-state index in [0.717, 1.165) is 55.5 Å². The number of sulfone groups is 1. The monoisotopic (exact) mass is 490 g/mol. The number of amides is 2. The number of carbonyl (C=O) groups excluding carboxylic acids is 1. The Balaban J connectivity index is 1.73. The Morgan fingerprint density at radius 1 is 1.34 bits per heavy atom. The fourth-order valence-electron chi connectivity index (χ4n) is 3.77. The highest BCUT2D eigenvalue weighted by atomic mass is 32.2. The van der Waals surface area contributed by atoms with Crippen LogP contribution in [0.2, 0.25) is 0 Å². The third-order valence-corrected chi connectivity index (χ3v) is 7.68. The van der Waals surface area contributed by atoms with Crippen LogP contribution in [0.4, 0.5) is 23.1 Å². The molecule has 1 aromatic heterocycles. The van der Waals surface area contributed by atoms with Crippen molar-refractivity contribution in [3.05, 3.63) is 29.5 Å². The van der Waals surface area contributed by atoms with E-state index in [4.69, 9.17) is 0 Å². The Labute approximate surface area is 189 Å². The molecular formula is C20H25F3N4O3S2. The first-order valence-corrected chi connectivity index (χ1v) is 12.7. The highest BCUT2D eigenvalue weighted by Crippen LogP contribution is 2.39. The zero-order chi connectivity index (χ0) is 23.7. The minimum Gasteiger partial charge on any atom is -0.338 e. The van der Waals surface area contributed by atoms with E-state index in [2.05, 4.69) is 27.6 Å². The number of hydrogen-bond donors (Lipinski definition) is 2. The van der Waals surface area contributed by atoms with E-state index in [0.29, 0.717) is 23.2 Å². The van der Waals surface area contributed by atoms with E-state index < -0.39 is 32.5 Å². The van der Waals surface area contributed by atoms with Crippen molar-refractivity contribution in [3.63, 3.8) is 0 Å². The lowest BCUT2D eigenvalue weighted by Gasteiger charge is -2.19. The molecule has 2 N–H and O–H groups in total. The lowest BCUT2D eigenvalue weighted by atomic mass is 10.1. The molecule has 1 aromatic carbocycles. The van der Waals surface area contributed by atoms with Gasteiger partial charge in [-0.15, -0.1) is 0 Å². The quantitative estimate of drug-likeness (QED) is 0.635. The normalized spacial score (nSPS) is 17.5. The van der Waals surface area contributed by atoms with E-state index >= 15 is 0 Å². The largest absolute Gasteiger partial charge is 0.417 e. The van der Waals surface area contributed by atoms with Gasteiger partial charge in [-0.3, -0.25) is 5.32 Å². The van der Waals surface area contributed by atoms with Gasteiger partial charge in [-0.1, -0.05) is 17.4 Å². The number of likely N-dealkylation sites (tertiary alicyclic amines) is 1. The molecule has 1 saturated heterocycles. The minimum absolute atomic E-state index is 0.178. The molecule has 2 amide bonds. The predicted molar refractivity (Wildman–Crippen MR) is 118 cm³/mol. The number of nitrogens with one attached hydrogen (secondary N) is 2. The molecule has 176 valence electrons. The standard InChI is InChI=1S/C20H25F3N4O3S2/c1-12-17(13-6-7-16(32(3,29)30)15(11-13)20(21,22)23)31-19(25-12)26-18(28)24-9-8-14-5-4-10-27(14)2/h6-7,11,14H,4-5,8-10H2,1-3H3,(H2,24,25,26,28). The van der Waals surface area contributed by atoms with Gasteiger partial charge in [0, 0.05) is 18.8 Å². The molecule has 12 heteroatoms. The van der Waals surface area contributed by atoms with Gasteiger partial charge >= 0.3 is 12.2 Å². The smallest absolute Gasteiger partial charge is 0.338 e. The number of anilines is 1. The number of benzene rings is 1. The zero-order valence-electron chi connectivity index (χ0n) is 17.9. The molecule has 1 aliphatic rings. The van der Waals surface area contributed by atoms with Crippen LogP contribution in [0.5, 0.6) is 0 Å². The van der Waals surface area contributed by atoms with Crippen molar-refractivity contribution in [2.75, 3.05) is 31.7 Å². The summed E-state index contributed by atoms with van der Waals surface area (Å²) in [6.07, 6.45) is -1.01. The van der Waals surface area contributed by atoms with Gasteiger partial charge in [-0.25, -0.2) is 18.2 Å². The van der Waals surface area contributed by atoms with E-state index in [1.807, 2.05) is 0 Å². The molecule has 32 heavy (non-hydrogen) atoms. The maximum atomic E-state index is 13.5. The molecule has 1 atom stereocenters. The van der Waals surface area contributed by atoms with Gasteiger partial charge < -0.3 is 10.2 Å². The first-order valence-electron chi connectivity index (χ1n) is 10.0. The molecule has 1 aliphatic heterocycles. The summed E-state index contributed by atoms with van der Waals surface area (Å²) < 4.78 is 63.9. The number of aromatic nitrogens is 1. The van der Waals surface area contributed by atoms with Crippen molar-refractivity contribution >= 4 is 32.3 Å². The van der Waals surface area contributed by atoms with Gasteiger partial charge in [0.2, 0.25) is 0 Å². The summed E-state index contributed by atoms with van der Waals surface area (Å²) >= 11 is 1.02. The minimum atomic E-state index is -4.83. The summed E-state index contributed by atoms with van der Waals surface area (Å²) in [6.45, 7) is 3.17. The lowest BCUT2D eigenvalue weighted by Crippen LogP contribution is -2.34. The number of nitrogens with zero attached hydrogens (tertiary/aromatic N) is 2. The molecule has 7 nitrogen and oxygen atoms in total. The first kappa shape index (κ1) is 24.5. The van der Waals surface area contributed by atoms with Gasteiger partial charge in [-0.05, 0) is 57.5 Å². The molecule has 0 spiro atoms. The Hall–Kier alpha value is -2.18. The van der Waals surface area contributed by atoms with Crippen LogP contribution in [0.1, 0.15) is 30.5 Å². The van der Waals surface area contributed by atoms with Crippen molar-refractivity contribution < 1.29 is 26.4 Å². The SMILES string of the molecule is Cc1nc(NC(=O)NCCC2CCCN2C)sc1-c1ccc(S(C)(=O)=O)c(C(F)(F)F)c1. The Morgan fingerprint density at radius 3 is 2.66 bits per heavy atom. The number of rotatable bonds is 6. The molecule has 2 aromatic rings. The van der Waals surface area contributed by atoms with Crippen LogP contribution in [-0.2, 0) is 16.0 Å². The van der Waals surface area contributed by atoms with Crippen molar-refractivity contribution in [1.82, 2.24) is 15.2 Å². The van der Waals surface area contributed by atoms with Crippen LogP contribution in [-0.4, -0.2) is 56.8 Å². The molecule has 1 unspecified atom stereocenters. The maximum absolute atomic E-state index is 13.5. The molecule has 0 radical (unpaired) electrons. The summed E-state index contributed by atoms with van der Waals surface area (Å²) in [5, 5.41) is 5.63. The van der Waals surface area contributed by atoms with Crippen molar-refractivity contribution in [2.45, 2.75) is 43.3 Å². The second kappa shape index (κ2) is 9.36. The maximum Gasteiger partial charge on any atom is 0.417 e. The fraction of sp³-hybridized carbons (Fsp3) is 0.500. The van der Waals surface area contributed by atoms with E-state index in [9.17, 15) is 26.4 Å². The van der Waals surface area contributed by atoms with Crippen molar-refractivity contribution in [2.24, 2.45) is 0 Å². The fourth-order valence-corrected chi connectivity index (χ4v) is 5.62. The van der Waals surface area contributed by atoms with Crippen LogP contribution < -0.4 is 10.6 Å². The second-order valence-electron chi connectivity index (χ2n) is 7.86. The molecule has 0 aliphatic carbocycles. The summed E-state index contributed by atoms with van der Waals surface area (Å²) in [5.41, 5.74) is -0.620. The molecule has 0 saturated carbocycles. The average molecular weight is 491 g/mol. The van der Waals surface area contributed by atoms with Gasteiger partial charge in [0.15, 0.2) is 15.0 Å². The zero-order valence-corrected chi connectivity index (χ0v) is 19.5. The van der Waals surface area contributed by atoms with Crippen LogP contribution in [0.25, 0.3) is 10.4 Å². The van der Waals surface area contributed by atoms with Crippen molar-refractivity contribution in [1.29, 1.82) is 0 Å². The summed E-state index contributed by atoms with van der Waals surface area (Å²) in [6, 6.07) is 3.08. The van der Waals surface area contributed by atoms with Gasteiger partial charge in [0.1, 0.15) is 0 Å². The predicted octanol–water partition coefficient (Wildman–Crippen LogP) is 4.15. The lowest BCUT2D eigenvalue weighted by molar-refractivity contribution is -0.139. The van der Waals surface area contributed by atoms with Crippen molar-refractivity contribution in [3.8, 4) is 10.4 Å². The van der Waals surface area contributed by atoms with E-state index in [-0.39, 0.29) is 10.7 Å². The van der Waals surface area contributed by atoms with Crippen LogP contribution in [0.15, 0.2) is 23.1 Å². The van der Waals surface area contributed by atoms with Gasteiger partial charge in [-0.2, -0.15) is 13.2 Å². The van der Waals surface area contributed by atoms with Crippen LogP contribution in [0, 0.1) is 6.92 Å². The van der Waals surface area contributed by atoms with Gasteiger partial charge in [0.05, 0.1) is 21.0 Å². The average Bonchev–Trinajstić information content (AvgIpc) is 3.25. The molecule has 3 rings (SSSR count). The second-order valence-corrected chi connectivity index (χ2v) is 10.8. The molecule has 1 fully saturated rings. The highest BCUT2D eigenvalue weighted by molar-refractivity contribution is 7.90. The number of urea groups is 1. The molecular weight excluding hydrogens is 465 g/mol. The van der Waals surface area contributed by atoms with E-state index in [1.54, 1.807) is 6.92 Å². The highest BCUT2D eigenvalue weighted by Gasteiger charge is 2.36. The summed E-state index contributed by atoms with van der Waals surface area (Å²) in [5.74, 6) is 0. The summed E-state index contributed by atoms with van der Waals surface area (Å²) in [7, 11) is -2.00. The molecule has 0 bridgehead atoms. The topological polar surface area (TPSA) is 91.4 Å². The number of carbonyl (C=O) groups is 1. The van der Waals surface area contributed by atoms with E-state index in [1.165, 1.54) is 6.07 Å². The first-order chi connectivity index (χ1) is 14.9. The number of aryl methyl sites for hydroxylation is 1. The number of halogens is 3. The number of thiazole rings is 1. The van der Waals surface area contributed by atoms with Gasteiger partial charge in [0.25, 0.3) is 0 Å². The van der Waals surface area contributed by atoms with Crippen LogP contribution >= 0.6 is 11.3 Å². The number of alkyl halides is 3. The Kier molecular flexibility index (Phi) is 7.15. The number of hydrogen-bond acceptors (Lipinski definition) is 6. The summed E-state index contributed by atoms with van der Waals surface area (Å²) in [4.78, 5) is 18.3. The molecule has 2 heterocycles. The van der Waals surface area contributed by atoms with Crippen LogP contribution in [0.3, 0.4) is 0 Å². The third kappa shape index (κ3) is 5.78.